The zero-order valence-electron chi connectivity index (χ0n) is 12.1. The molecule has 5 heteroatoms. The smallest absolute Gasteiger partial charge is 0.133 e. The molecule has 0 spiro atoms. The van der Waals surface area contributed by atoms with Gasteiger partial charge in [0, 0.05) is 49.5 Å². The van der Waals surface area contributed by atoms with Gasteiger partial charge in [0.25, 0.3) is 0 Å². The SMILES string of the molecule is c1cnc2c(c1)CN(Cc1nccs1)CCN2CC1CC1. The van der Waals surface area contributed by atoms with E-state index in [0.717, 1.165) is 32.1 Å². The van der Waals surface area contributed by atoms with E-state index in [0.29, 0.717) is 0 Å². The number of aromatic nitrogens is 2. The Labute approximate surface area is 129 Å². The summed E-state index contributed by atoms with van der Waals surface area (Å²) >= 11 is 1.74. The van der Waals surface area contributed by atoms with Gasteiger partial charge in [0.2, 0.25) is 0 Å². The molecule has 2 aliphatic rings. The summed E-state index contributed by atoms with van der Waals surface area (Å²) < 4.78 is 0. The zero-order chi connectivity index (χ0) is 14.1. The molecule has 0 amide bonds. The van der Waals surface area contributed by atoms with Gasteiger partial charge in [0.1, 0.15) is 10.8 Å². The highest BCUT2D eigenvalue weighted by Gasteiger charge is 2.28. The fourth-order valence-corrected chi connectivity index (χ4v) is 3.63. The fraction of sp³-hybridized carbons (Fsp3) is 0.500. The van der Waals surface area contributed by atoms with Gasteiger partial charge in [-0.15, -0.1) is 11.3 Å². The second-order valence-corrected chi connectivity index (χ2v) is 6.99. The molecule has 0 radical (unpaired) electrons. The van der Waals surface area contributed by atoms with Crippen LogP contribution in [0.2, 0.25) is 0 Å². The molecule has 0 bridgehead atoms. The van der Waals surface area contributed by atoms with Gasteiger partial charge in [-0.2, -0.15) is 0 Å². The zero-order valence-corrected chi connectivity index (χ0v) is 12.9. The van der Waals surface area contributed by atoms with E-state index in [4.69, 9.17) is 0 Å². The first-order valence-electron chi connectivity index (χ1n) is 7.68. The summed E-state index contributed by atoms with van der Waals surface area (Å²) in [6, 6.07) is 4.28. The maximum Gasteiger partial charge on any atom is 0.133 e. The molecule has 0 aromatic carbocycles. The normalized spacial score (nSPS) is 19.3. The predicted octanol–water partition coefficient (Wildman–Crippen LogP) is 2.77. The average Bonchev–Trinajstić information content (AvgIpc) is 3.21. The van der Waals surface area contributed by atoms with Crippen molar-refractivity contribution >= 4 is 17.2 Å². The topological polar surface area (TPSA) is 32.3 Å². The first-order valence-corrected chi connectivity index (χ1v) is 8.56. The minimum absolute atomic E-state index is 0.894. The summed E-state index contributed by atoms with van der Waals surface area (Å²) in [4.78, 5) is 14.1. The maximum absolute atomic E-state index is 4.66. The third-order valence-electron chi connectivity index (χ3n) is 4.26. The van der Waals surface area contributed by atoms with Crippen LogP contribution in [0, 0.1) is 5.92 Å². The average molecular weight is 300 g/mol. The van der Waals surface area contributed by atoms with Gasteiger partial charge >= 0.3 is 0 Å². The first kappa shape index (κ1) is 13.2. The van der Waals surface area contributed by atoms with Gasteiger partial charge in [0.15, 0.2) is 0 Å². The molecule has 4 rings (SSSR count). The van der Waals surface area contributed by atoms with Crippen molar-refractivity contribution in [3.63, 3.8) is 0 Å². The summed E-state index contributed by atoms with van der Waals surface area (Å²) in [6.45, 7) is 5.26. The Morgan fingerprint density at radius 3 is 2.95 bits per heavy atom. The van der Waals surface area contributed by atoms with Crippen LogP contribution in [0.25, 0.3) is 0 Å². The van der Waals surface area contributed by atoms with E-state index < -0.39 is 0 Å². The van der Waals surface area contributed by atoms with Crippen molar-refractivity contribution in [3.05, 3.63) is 40.5 Å². The third-order valence-corrected chi connectivity index (χ3v) is 5.03. The van der Waals surface area contributed by atoms with Crippen LogP contribution >= 0.6 is 11.3 Å². The summed E-state index contributed by atoms with van der Waals surface area (Å²) in [7, 11) is 0. The molecule has 3 heterocycles. The van der Waals surface area contributed by atoms with Crippen molar-refractivity contribution < 1.29 is 0 Å². The summed E-state index contributed by atoms with van der Waals surface area (Å²) in [5.74, 6) is 2.09. The lowest BCUT2D eigenvalue weighted by Gasteiger charge is -2.23. The molecular weight excluding hydrogens is 280 g/mol. The molecule has 1 saturated carbocycles. The molecule has 110 valence electrons. The molecular formula is C16H20N4S. The van der Waals surface area contributed by atoms with Crippen LogP contribution in [0.4, 0.5) is 5.82 Å². The molecule has 0 saturated heterocycles. The van der Waals surface area contributed by atoms with E-state index in [1.54, 1.807) is 11.3 Å². The largest absolute Gasteiger partial charge is 0.355 e. The summed E-state index contributed by atoms with van der Waals surface area (Å²) in [5, 5.41) is 3.26. The van der Waals surface area contributed by atoms with Crippen LogP contribution < -0.4 is 4.90 Å². The molecule has 2 aromatic rings. The van der Waals surface area contributed by atoms with Crippen molar-refractivity contribution in [3.8, 4) is 0 Å². The van der Waals surface area contributed by atoms with Gasteiger partial charge in [-0.05, 0) is 24.8 Å². The number of nitrogens with zero attached hydrogens (tertiary/aromatic N) is 4. The van der Waals surface area contributed by atoms with E-state index in [-0.39, 0.29) is 0 Å². The van der Waals surface area contributed by atoms with Crippen molar-refractivity contribution in [2.45, 2.75) is 25.9 Å². The first-order chi connectivity index (χ1) is 10.4. The molecule has 1 aliphatic carbocycles. The summed E-state index contributed by atoms with van der Waals surface area (Å²) in [5.41, 5.74) is 1.35. The van der Waals surface area contributed by atoms with Crippen LogP contribution in [-0.4, -0.2) is 34.5 Å². The lowest BCUT2D eigenvalue weighted by Crippen LogP contribution is -2.32. The van der Waals surface area contributed by atoms with Gasteiger partial charge in [0.05, 0.1) is 6.54 Å². The van der Waals surface area contributed by atoms with E-state index in [1.807, 2.05) is 12.4 Å². The minimum Gasteiger partial charge on any atom is -0.355 e. The highest BCUT2D eigenvalue weighted by Crippen LogP contribution is 2.33. The molecule has 0 N–H and O–H groups in total. The highest BCUT2D eigenvalue weighted by molar-refractivity contribution is 7.09. The quantitative estimate of drug-likeness (QED) is 0.869. The van der Waals surface area contributed by atoms with E-state index in [1.165, 1.54) is 35.8 Å². The summed E-state index contributed by atoms with van der Waals surface area (Å²) in [6.07, 6.45) is 6.60. The van der Waals surface area contributed by atoms with Gasteiger partial charge < -0.3 is 4.90 Å². The number of thiazole rings is 1. The van der Waals surface area contributed by atoms with Gasteiger partial charge in [-0.25, -0.2) is 9.97 Å². The minimum atomic E-state index is 0.894. The van der Waals surface area contributed by atoms with E-state index in [9.17, 15) is 0 Å². The molecule has 1 fully saturated rings. The van der Waals surface area contributed by atoms with Crippen LogP contribution in [0.1, 0.15) is 23.4 Å². The van der Waals surface area contributed by atoms with Crippen LogP contribution in [-0.2, 0) is 13.1 Å². The Kier molecular flexibility index (Phi) is 3.61. The van der Waals surface area contributed by atoms with Crippen molar-refractivity contribution in [2.24, 2.45) is 5.92 Å². The van der Waals surface area contributed by atoms with Crippen LogP contribution in [0.5, 0.6) is 0 Å². The Morgan fingerprint density at radius 1 is 1.19 bits per heavy atom. The number of anilines is 1. The maximum atomic E-state index is 4.66. The second kappa shape index (κ2) is 5.73. The molecule has 1 aliphatic heterocycles. The molecule has 4 nitrogen and oxygen atoms in total. The Bertz CT molecular complexity index is 594. The number of hydrogen-bond donors (Lipinski definition) is 0. The highest BCUT2D eigenvalue weighted by atomic mass is 32.1. The molecule has 21 heavy (non-hydrogen) atoms. The fourth-order valence-electron chi connectivity index (χ4n) is 2.97. The van der Waals surface area contributed by atoms with Crippen LogP contribution in [0.15, 0.2) is 29.9 Å². The Hall–Kier alpha value is -1.46. The third kappa shape index (κ3) is 3.09. The predicted molar refractivity (Wildman–Crippen MR) is 85.4 cm³/mol. The Balaban J connectivity index is 1.54. The number of hydrogen-bond acceptors (Lipinski definition) is 5. The number of fused-ring (bicyclic) bond motifs is 1. The van der Waals surface area contributed by atoms with Gasteiger partial charge in [-0.1, -0.05) is 6.07 Å². The lowest BCUT2D eigenvalue weighted by atomic mass is 10.2. The van der Waals surface area contributed by atoms with Crippen molar-refractivity contribution in [1.82, 2.24) is 14.9 Å². The molecule has 2 aromatic heterocycles. The lowest BCUT2D eigenvalue weighted by molar-refractivity contribution is 0.268. The molecule has 0 unspecified atom stereocenters. The van der Waals surface area contributed by atoms with Crippen LogP contribution in [0.3, 0.4) is 0 Å². The number of rotatable bonds is 4. The van der Waals surface area contributed by atoms with Crippen molar-refractivity contribution in [2.75, 3.05) is 24.5 Å². The van der Waals surface area contributed by atoms with Crippen molar-refractivity contribution in [1.29, 1.82) is 0 Å². The van der Waals surface area contributed by atoms with E-state index in [2.05, 4.69) is 37.3 Å². The van der Waals surface area contributed by atoms with E-state index >= 15 is 0 Å². The Morgan fingerprint density at radius 2 is 2.14 bits per heavy atom. The monoisotopic (exact) mass is 300 g/mol. The van der Waals surface area contributed by atoms with Gasteiger partial charge in [-0.3, -0.25) is 4.90 Å². The standard InChI is InChI=1S/C16H20N4S/c1-2-14-11-19(12-15-17-6-9-21-15)7-8-20(10-13-3-4-13)16(14)18-5-1/h1-2,5-6,9,13H,3-4,7-8,10-12H2. The number of pyridine rings is 1. The molecule has 0 atom stereocenters. The second-order valence-electron chi connectivity index (χ2n) is 6.01.